The maximum Gasteiger partial charge on any atom is 0.326 e. The number of aliphatic imine (C=N–C) groups is 1. The summed E-state index contributed by atoms with van der Waals surface area (Å²) in [5.41, 5.74) is 34.0. The molecule has 2 aliphatic heterocycles. The molecule has 0 radical (unpaired) electrons. The second-order valence-electron chi connectivity index (χ2n) is 32.2. The summed E-state index contributed by atoms with van der Waals surface area (Å²) >= 11 is 4.11. The van der Waals surface area contributed by atoms with Crippen molar-refractivity contribution in [1.29, 1.82) is 0 Å². The normalized spacial score (nSPS) is 17.8. The van der Waals surface area contributed by atoms with Crippen LogP contribution in [0.5, 0.6) is 0 Å². The van der Waals surface area contributed by atoms with Crippen molar-refractivity contribution in [2.24, 2.45) is 63.1 Å². The molecule has 0 aromatic heterocycles. The molecule has 17 amide bonds. The smallest absolute Gasteiger partial charge is 0.326 e. The minimum atomic E-state index is -1.74. The van der Waals surface area contributed by atoms with E-state index in [1.165, 1.54) is 47.1 Å². The quantitative estimate of drug-likeness (QED) is 0.0119. The predicted octanol–water partition coefficient (Wildman–Crippen LogP) is -4.13. The number of thioether (sulfide) groups is 3. The summed E-state index contributed by atoms with van der Waals surface area (Å²) < 4.78 is 0. The van der Waals surface area contributed by atoms with Crippen molar-refractivity contribution in [2.45, 2.75) is 294 Å². The lowest BCUT2D eigenvalue weighted by Gasteiger charge is -2.32. The molecule has 19 atom stereocenters. The highest BCUT2D eigenvalue weighted by Gasteiger charge is 2.45. The van der Waals surface area contributed by atoms with Crippen molar-refractivity contribution < 1.29 is 96.5 Å². The molecular weight excluding hydrogens is 1690 g/mol. The third-order valence-electron chi connectivity index (χ3n) is 21.9. The first-order valence-electron chi connectivity index (χ1n) is 43.0. The number of amides is 17. The SMILES string of the molecule is CC[C@H](C)[C@H](NC(=O)[C@H](CCCCN)NC(=O)[C@H](CCCN=C(N)N)NC(=O)[C@H](CCSC)NC(=O)[C@@H]1CCCN1C(=O)[C@@H](NC(=O)[C@H](CCSC)NC=O)[C@@H](C)O)C(=O)N[C@@H](CC(N)=O)C(=O)N1CCC[C@H]1C(=O)N[C@@H](CC(C)C)C(=O)N[C@@H](CCSC)C(=O)N[C@@H](CCCCN)C(=O)N[C@H](C(=O)N[C@H](C(=O)N[C@@H](CC(N)=O)C(=O)O)[C@@H](C)CC)[C@@H](C)CC. The second kappa shape index (κ2) is 59.6. The highest BCUT2D eigenvalue weighted by molar-refractivity contribution is 7.99. The summed E-state index contributed by atoms with van der Waals surface area (Å²) in [6.45, 7) is 15.3. The molecule has 2 heterocycles. The number of hydrogen-bond acceptors (Lipinski definition) is 25. The van der Waals surface area contributed by atoms with Gasteiger partial charge in [0.05, 0.1) is 18.9 Å². The minimum absolute atomic E-state index is 0.000810. The molecule has 710 valence electrons. The van der Waals surface area contributed by atoms with Crippen LogP contribution in [0.1, 0.15) is 197 Å². The number of carbonyl (C=O) groups excluding carboxylic acids is 17. The van der Waals surface area contributed by atoms with Crippen molar-refractivity contribution in [3.63, 3.8) is 0 Å². The van der Waals surface area contributed by atoms with Gasteiger partial charge in [-0.15, -0.1) is 0 Å². The fraction of sp³-hybridized carbons (Fsp3) is 0.762. The lowest BCUT2D eigenvalue weighted by atomic mass is 9.94. The van der Waals surface area contributed by atoms with E-state index in [1.807, 2.05) is 0 Å². The molecule has 45 heteroatoms. The maximum absolute atomic E-state index is 14.9. The van der Waals surface area contributed by atoms with E-state index in [-0.39, 0.29) is 128 Å². The Morgan fingerprint density at radius 2 is 0.744 bits per heavy atom. The topological polar surface area (TPSA) is 679 Å². The van der Waals surface area contributed by atoms with Crippen LogP contribution in [-0.2, 0) is 86.3 Å². The van der Waals surface area contributed by atoms with Gasteiger partial charge in [-0.1, -0.05) is 74.7 Å². The first kappa shape index (κ1) is 112. The van der Waals surface area contributed by atoms with Gasteiger partial charge < -0.3 is 124 Å². The molecule has 0 bridgehead atoms. The number of aliphatic hydroxyl groups is 1. The number of guanidine groups is 1. The fourth-order valence-electron chi connectivity index (χ4n) is 14.1. The number of aliphatic hydroxyl groups excluding tert-OH is 1. The summed E-state index contributed by atoms with van der Waals surface area (Å²) in [6.07, 6.45) is 5.82. The number of hydrogen-bond donors (Lipinski definition) is 21. The molecule has 2 fully saturated rings. The molecular formula is C80H142N22O20S3. The summed E-state index contributed by atoms with van der Waals surface area (Å²) in [4.78, 5) is 257. The van der Waals surface area contributed by atoms with Crippen LogP contribution in [0.25, 0.3) is 0 Å². The van der Waals surface area contributed by atoms with Gasteiger partial charge in [0.15, 0.2) is 5.96 Å². The third-order valence-corrected chi connectivity index (χ3v) is 23.8. The number of carboxylic acid groups (broad SMARTS) is 1. The fourth-order valence-corrected chi connectivity index (χ4v) is 15.5. The summed E-state index contributed by atoms with van der Waals surface area (Å²) in [7, 11) is 0. The highest BCUT2D eigenvalue weighted by Crippen LogP contribution is 2.24. The molecule has 2 aliphatic rings. The van der Waals surface area contributed by atoms with E-state index in [2.05, 4.69) is 74.1 Å². The second-order valence-corrected chi connectivity index (χ2v) is 35.2. The van der Waals surface area contributed by atoms with Crippen LogP contribution in [0.2, 0.25) is 0 Å². The van der Waals surface area contributed by atoms with Gasteiger partial charge in [0.2, 0.25) is 101 Å². The number of nitrogens with one attached hydrogen (secondary N) is 13. The van der Waals surface area contributed by atoms with E-state index in [9.17, 15) is 96.5 Å². The Labute approximate surface area is 745 Å². The van der Waals surface area contributed by atoms with E-state index in [1.54, 1.807) is 74.2 Å². The molecule has 0 aromatic carbocycles. The highest BCUT2D eigenvalue weighted by atomic mass is 32.2. The Morgan fingerprint density at radius 1 is 0.416 bits per heavy atom. The van der Waals surface area contributed by atoms with Crippen molar-refractivity contribution in [3.8, 4) is 0 Å². The number of nitrogens with two attached hydrogens (primary N) is 6. The zero-order chi connectivity index (χ0) is 94.3. The average molecular weight is 1830 g/mol. The van der Waals surface area contributed by atoms with Gasteiger partial charge in [0, 0.05) is 19.6 Å². The summed E-state index contributed by atoms with van der Waals surface area (Å²) in [5.74, 6) is -16.7. The molecule has 125 heavy (non-hydrogen) atoms. The molecule has 0 spiro atoms. The van der Waals surface area contributed by atoms with Gasteiger partial charge in [0.1, 0.15) is 90.6 Å². The molecule has 0 unspecified atom stereocenters. The Kier molecular flexibility index (Phi) is 53.3. The Bertz CT molecular complexity index is 3590. The predicted molar refractivity (Wildman–Crippen MR) is 475 cm³/mol. The van der Waals surface area contributed by atoms with Gasteiger partial charge in [-0.3, -0.25) is 86.5 Å². The van der Waals surface area contributed by atoms with E-state index in [0.717, 1.165) is 4.90 Å². The molecule has 0 saturated carbocycles. The van der Waals surface area contributed by atoms with E-state index in [0.29, 0.717) is 62.2 Å². The Hall–Kier alpha value is -9.34. The zero-order valence-electron chi connectivity index (χ0n) is 74.4. The lowest BCUT2D eigenvalue weighted by molar-refractivity contribution is -0.144. The number of carboxylic acids is 1. The number of unbranched alkanes of at least 4 members (excludes halogenated alkanes) is 2. The molecule has 0 aromatic rings. The van der Waals surface area contributed by atoms with Gasteiger partial charge in [-0.05, 0) is 182 Å². The standard InChI is InChI=1S/C80H142N22O20S3/c1-13-44(6)61(97-69(111)49(23-16-18-31-81)89-66(108)51(25-20-33-87-80(85)86)91-68(110)53(30-38-125-12)93-72(114)58-27-22-35-102(58)78(120)64(47(9)104)100-65(107)48(88-42-103)28-36-123-10)74(116)95-55(40-59(83)105)77(119)101-34-21-26-57(101)73(115)94-54(39-43(4)5)71(113)92-52(29-37-124-11)67(109)90-50(24-17-19-32-82)70(112)98-63(46(8)15-3)76(118)99-62(45(7)14-2)75(117)96-56(79(121)122)41-60(84)106/h42-58,61-64,104H,13-41,81-82H2,1-12H3,(H2,83,105)(H2,84,106)(H,88,103)(H,89,108)(H,90,109)(H,91,110)(H,92,113)(H,93,114)(H,94,115)(H,95,116)(H,96,117)(H,97,111)(H,98,112)(H,99,118)(H,100,107)(H,121,122)(H4,85,86,87)/t44-,45-,46-,47+,48-,49-,50-,51-,52-,53-,54-,55-,56-,57-,58-,61-,62-,63-,64-/m0/s1. The third kappa shape index (κ3) is 39.2. The van der Waals surface area contributed by atoms with Crippen molar-refractivity contribution in [3.05, 3.63) is 0 Å². The first-order valence-corrected chi connectivity index (χ1v) is 47.2. The molecule has 27 N–H and O–H groups in total. The van der Waals surface area contributed by atoms with Crippen molar-refractivity contribution in [1.82, 2.24) is 78.9 Å². The van der Waals surface area contributed by atoms with Crippen LogP contribution in [0.15, 0.2) is 4.99 Å². The summed E-state index contributed by atoms with van der Waals surface area (Å²) in [6, 6.07) is -20.8. The lowest BCUT2D eigenvalue weighted by Crippen LogP contribution is -2.62. The van der Waals surface area contributed by atoms with Gasteiger partial charge in [-0.2, -0.15) is 35.3 Å². The minimum Gasteiger partial charge on any atom is -0.480 e. The average Bonchev–Trinajstić information content (AvgIpc) is 1.71. The molecule has 0 aliphatic carbocycles. The van der Waals surface area contributed by atoms with Crippen LogP contribution in [-0.4, -0.2) is 298 Å². The first-order chi connectivity index (χ1) is 59.1. The number of carbonyl (C=O) groups is 18. The van der Waals surface area contributed by atoms with Gasteiger partial charge in [-0.25, -0.2) is 4.79 Å². The Balaban J connectivity index is 2.54. The van der Waals surface area contributed by atoms with Crippen LogP contribution < -0.4 is 104 Å². The number of primary amides is 2. The van der Waals surface area contributed by atoms with E-state index >= 15 is 0 Å². The van der Waals surface area contributed by atoms with Crippen molar-refractivity contribution in [2.75, 3.05) is 68.7 Å². The number of rotatable bonds is 63. The number of nitrogens with zero attached hydrogens (tertiary/aromatic N) is 3. The molecule has 42 nitrogen and oxygen atoms in total. The number of aliphatic carboxylic acids is 1. The van der Waals surface area contributed by atoms with Gasteiger partial charge >= 0.3 is 5.97 Å². The van der Waals surface area contributed by atoms with Crippen molar-refractivity contribution >= 4 is 148 Å². The van der Waals surface area contributed by atoms with Crippen LogP contribution in [0.3, 0.4) is 0 Å². The largest absolute Gasteiger partial charge is 0.480 e. The monoisotopic (exact) mass is 1830 g/mol. The Morgan fingerprint density at radius 3 is 1.12 bits per heavy atom. The van der Waals surface area contributed by atoms with Crippen LogP contribution in [0.4, 0.5) is 0 Å². The van der Waals surface area contributed by atoms with Gasteiger partial charge in [0.25, 0.3) is 0 Å². The van der Waals surface area contributed by atoms with Crippen LogP contribution in [0, 0.1) is 23.7 Å². The summed E-state index contributed by atoms with van der Waals surface area (Å²) in [5, 5.41) is 54.9. The van der Waals surface area contributed by atoms with Crippen LogP contribution >= 0.6 is 35.3 Å². The number of likely N-dealkylation sites (tertiary alicyclic amines) is 2. The zero-order valence-corrected chi connectivity index (χ0v) is 76.9. The maximum atomic E-state index is 14.9. The molecule has 2 saturated heterocycles. The molecule has 2 rings (SSSR count). The van der Waals surface area contributed by atoms with E-state index in [4.69, 9.17) is 34.4 Å². The van der Waals surface area contributed by atoms with E-state index < -0.39 is 228 Å².